The Bertz CT molecular complexity index is 712. The maximum atomic E-state index is 13.1. The van der Waals surface area contributed by atoms with Crippen molar-refractivity contribution in [1.82, 2.24) is 0 Å². The average molecular weight is 296 g/mol. The molecule has 2 aromatic rings. The minimum absolute atomic E-state index is 0.000648. The van der Waals surface area contributed by atoms with E-state index in [-0.39, 0.29) is 11.9 Å². The van der Waals surface area contributed by atoms with Gasteiger partial charge in [0.25, 0.3) is 5.91 Å². The number of nitrogens with zero attached hydrogens (tertiary/aromatic N) is 1. The second-order valence-electron chi connectivity index (χ2n) is 5.52. The minimum Gasteiger partial charge on any atom is -0.497 e. The lowest BCUT2D eigenvalue weighted by molar-refractivity contribution is 0.0982. The van der Waals surface area contributed by atoms with Crippen LogP contribution in [0.15, 0.2) is 42.5 Å². The molecule has 0 radical (unpaired) electrons. The molecule has 0 bridgehead atoms. The molecule has 3 rings (SSSR count). The van der Waals surface area contributed by atoms with Gasteiger partial charge >= 0.3 is 0 Å². The smallest absolute Gasteiger partial charge is 0.260 e. The third-order valence-corrected chi connectivity index (χ3v) is 4.15. The van der Waals surface area contributed by atoms with Crippen LogP contribution in [0.2, 0.25) is 0 Å². The molecule has 1 N–H and O–H groups in total. The molecule has 114 valence electrons. The van der Waals surface area contributed by atoms with E-state index in [1.807, 2.05) is 42.3 Å². The second kappa shape index (κ2) is 5.72. The number of hydrogen-bond acceptors (Lipinski definition) is 3. The number of carbonyl (C=O) groups is 1. The predicted octanol–water partition coefficient (Wildman–Crippen LogP) is 3.33. The van der Waals surface area contributed by atoms with E-state index < -0.39 is 0 Å². The van der Waals surface area contributed by atoms with Gasteiger partial charge in [0.2, 0.25) is 0 Å². The first kappa shape index (κ1) is 14.4. The SMILES string of the molecule is CNc1ccc(OC)cc1C(=O)N1c2ccccc2C[C@H]1C. The number of methoxy groups -OCH3 is 1. The van der Waals surface area contributed by atoms with Crippen LogP contribution in [0.5, 0.6) is 5.75 Å². The van der Waals surface area contributed by atoms with E-state index >= 15 is 0 Å². The van der Waals surface area contributed by atoms with Gasteiger partial charge in [0.05, 0.1) is 12.7 Å². The van der Waals surface area contributed by atoms with Crippen molar-refractivity contribution in [1.29, 1.82) is 0 Å². The molecule has 0 aliphatic carbocycles. The zero-order valence-corrected chi connectivity index (χ0v) is 13.1. The van der Waals surface area contributed by atoms with Crippen molar-refractivity contribution >= 4 is 17.3 Å². The highest BCUT2D eigenvalue weighted by Crippen LogP contribution is 2.34. The Morgan fingerprint density at radius 1 is 1.27 bits per heavy atom. The maximum Gasteiger partial charge on any atom is 0.260 e. The maximum absolute atomic E-state index is 13.1. The normalized spacial score (nSPS) is 16.3. The molecule has 4 nitrogen and oxygen atoms in total. The minimum atomic E-state index is 0.000648. The lowest BCUT2D eigenvalue weighted by Gasteiger charge is -2.24. The van der Waals surface area contributed by atoms with Gasteiger partial charge in [-0.1, -0.05) is 18.2 Å². The van der Waals surface area contributed by atoms with Crippen LogP contribution in [0.25, 0.3) is 0 Å². The lowest BCUT2D eigenvalue weighted by Crippen LogP contribution is -2.36. The predicted molar refractivity (Wildman–Crippen MR) is 89.0 cm³/mol. The van der Waals surface area contributed by atoms with Crippen molar-refractivity contribution in [2.24, 2.45) is 0 Å². The topological polar surface area (TPSA) is 41.6 Å². The largest absolute Gasteiger partial charge is 0.497 e. The molecule has 1 aliphatic heterocycles. The molecule has 1 aliphatic rings. The number of fused-ring (bicyclic) bond motifs is 1. The zero-order valence-electron chi connectivity index (χ0n) is 13.1. The summed E-state index contributed by atoms with van der Waals surface area (Å²) in [6, 6.07) is 13.8. The fraction of sp³-hybridized carbons (Fsp3) is 0.278. The Balaban J connectivity index is 2.04. The van der Waals surface area contributed by atoms with Crippen molar-refractivity contribution in [2.45, 2.75) is 19.4 Å². The monoisotopic (exact) mass is 296 g/mol. The van der Waals surface area contributed by atoms with E-state index in [0.29, 0.717) is 11.3 Å². The average Bonchev–Trinajstić information content (AvgIpc) is 2.89. The third kappa shape index (κ3) is 2.30. The number of hydrogen-bond donors (Lipinski definition) is 1. The van der Waals surface area contributed by atoms with Gasteiger partial charge in [0, 0.05) is 24.5 Å². The highest BCUT2D eigenvalue weighted by Gasteiger charge is 2.32. The molecule has 0 aromatic heterocycles. The molecule has 0 saturated carbocycles. The van der Waals surface area contributed by atoms with Gasteiger partial charge in [0.1, 0.15) is 5.75 Å². The van der Waals surface area contributed by atoms with Crippen LogP contribution in [0.3, 0.4) is 0 Å². The molecule has 2 aromatic carbocycles. The molecule has 4 heteroatoms. The Morgan fingerprint density at radius 2 is 2.05 bits per heavy atom. The van der Waals surface area contributed by atoms with E-state index in [9.17, 15) is 4.79 Å². The molecule has 1 heterocycles. The summed E-state index contributed by atoms with van der Waals surface area (Å²) >= 11 is 0. The van der Waals surface area contributed by atoms with E-state index in [4.69, 9.17) is 4.74 Å². The molecule has 0 fully saturated rings. The first-order valence-electron chi connectivity index (χ1n) is 7.43. The van der Waals surface area contributed by atoms with Crippen LogP contribution in [-0.4, -0.2) is 26.1 Å². The van der Waals surface area contributed by atoms with Crippen LogP contribution in [-0.2, 0) is 6.42 Å². The highest BCUT2D eigenvalue weighted by molar-refractivity contribution is 6.11. The fourth-order valence-electron chi connectivity index (χ4n) is 3.05. The van der Waals surface area contributed by atoms with E-state index in [1.54, 1.807) is 13.2 Å². The number of amides is 1. The summed E-state index contributed by atoms with van der Waals surface area (Å²) < 4.78 is 5.26. The van der Waals surface area contributed by atoms with Gasteiger partial charge in [-0.3, -0.25) is 4.79 Å². The number of ether oxygens (including phenoxy) is 1. The lowest BCUT2D eigenvalue weighted by atomic mass is 10.1. The van der Waals surface area contributed by atoms with Crippen LogP contribution in [0.1, 0.15) is 22.8 Å². The van der Waals surface area contributed by atoms with Crippen molar-refractivity contribution in [3.05, 3.63) is 53.6 Å². The van der Waals surface area contributed by atoms with Crippen molar-refractivity contribution < 1.29 is 9.53 Å². The quantitative estimate of drug-likeness (QED) is 0.944. The Labute approximate surface area is 130 Å². The first-order valence-corrected chi connectivity index (χ1v) is 7.43. The number of benzene rings is 2. The van der Waals surface area contributed by atoms with Crippen LogP contribution in [0, 0.1) is 0 Å². The number of carbonyl (C=O) groups excluding carboxylic acids is 1. The van der Waals surface area contributed by atoms with Gasteiger partial charge in [0.15, 0.2) is 0 Å². The van der Waals surface area contributed by atoms with Gasteiger partial charge in [-0.25, -0.2) is 0 Å². The zero-order chi connectivity index (χ0) is 15.7. The van der Waals surface area contributed by atoms with Crippen LogP contribution in [0.4, 0.5) is 11.4 Å². The van der Waals surface area contributed by atoms with E-state index in [1.165, 1.54) is 5.56 Å². The number of rotatable bonds is 3. The van der Waals surface area contributed by atoms with Crippen LogP contribution < -0.4 is 15.0 Å². The highest BCUT2D eigenvalue weighted by atomic mass is 16.5. The van der Waals surface area contributed by atoms with Gasteiger partial charge in [-0.2, -0.15) is 0 Å². The summed E-state index contributed by atoms with van der Waals surface area (Å²) in [5, 5.41) is 3.09. The standard InChI is InChI=1S/C18H20N2O2/c1-12-10-13-6-4-5-7-17(13)20(12)18(21)15-11-14(22-3)8-9-16(15)19-2/h4-9,11-12,19H,10H2,1-3H3/t12-/m1/s1. The second-order valence-corrected chi connectivity index (χ2v) is 5.52. The van der Waals surface area contributed by atoms with Gasteiger partial charge < -0.3 is 15.0 Å². The molecule has 1 atom stereocenters. The number of anilines is 2. The van der Waals surface area contributed by atoms with Crippen molar-refractivity contribution in [2.75, 3.05) is 24.4 Å². The summed E-state index contributed by atoms with van der Waals surface area (Å²) in [5.74, 6) is 0.684. The summed E-state index contributed by atoms with van der Waals surface area (Å²) in [6.45, 7) is 2.08. The van der Waals surface area contributed by atoms with E-state index in [0.717, 1.165) is 17.8 Å². The summed E-state index contributed by atoms with van der Waals surface area (Å²) in [4.78, 5) is 15.0. The summed E-state index contributed by atoms with van der Waals surface area (Å²) in [5.41, 5.74) is 3.66. The van der Waals surface area contributed by atoms with Crippen LogP contribution >= 0.6 is 0 Å². The Morgan fingerprint density at radius 3 is 2.77 bits per heavy atom. The molecule has 1 amide bonds. The first-order chi connectivity index (χ1) is 10.7. The summed E-state index contributed by atoms with van der Waals surface area (Å²) in [6.07, 6.45) is 0.890. The molecule has 0 spiro atoms. The van der Waals surface area contributed by atoms with Crippen molar-refractivity contribution in [3.63, 3.8) is 0 Å². The van der Waals surface area contributed by atoms with Gasteiger partial charge in [-0.15, -0.1) is 0 Å². The summed E-state index contributed by atoms with van der Waals surface area (Å²) in [7, 11) is 3.43. The molecular formula is C18H20N2O2. The molecule has 0 saturated heterocycles. The number of nitrogens with one attached hydrogen (secondary N) is 1. The molecule has 0 unspecified atom stereocenters. The Kier molecular flexibility index (Phi) is 3.75. The molecular weight excluding hydrogens is 276 g/mol. The fourth-order valence-corrected chi connectivity index (χ4v) is 3.05. The third-order valence-electron chi connectivity index (χ3n) is 4.15. The van der Waals surface area contributed by atoms with Gasteiger partial charge in [-0.05, 0) is 43.2 Å². The molecule has 22 heavy (non-hydrogen) atoms. The van der Waals surface area contributed by atoms with Crippen molar-refractivity contribution in [3.8, 4) is 5.75 Å². The Hall–Kier alpha value is -2.49. The number of para-hydroxylation sites is 1. The van der Waals surface area contributed by atoms with E-state index in [2.05, 4.69) is 18.3 Å².